The molecule has 0 aromatic carbocycles. The molecule has 0 saturated heterocycles. The number of esters is 1. The Bertz CT molecular complexity index is 819. The molecule has 30 heavy (non-hydrogen) atoms. The fraction of sp³-hybridized carbons (Fsp3) is 0.667. The summed E-state index contributed by atoms with van der Waals surface area (Å²) in [6.45, 7) is 19.5. The molecule has 170 valence electrons. The van der Waals surface area contributed by atoms with Crippen molar-refractivity contribution >= 4 is 53.8 Å². The first-order valence-corrected chi connectivity index (χ1v) is 14.0. The number of rotatable bonds is 7. The normalized spacial score (nSPS) is 13.7. The number of carbonyl (C=O) groups excluding carboxylic acids is 1. The van der Waals surface area contributed by atoms with Crippen LogP contribution in [-0.4, -0.2) is 42.1 Å². The highest BCUT2D eigenvalue weighted by atomic mass is 32.1. The van der Waals surface area contributed by atoms with Crippen LogP contribution in [0.5, 0.6) is 0 Å². The summed E-state index contributed by atoms with van der Waals surface area (Å²) in [4.78, 5) is 25.4. The first kappa shape index (κ1) is 26.7. The smallest absolute Gasteiger partial charge is 0.338 e. The molecule has 0 fully saturated rings. The van der Waals surface area contributed by atoms with E-state index in [9.17, 15) is 14.7 Å². The lowest BCUT2D eigenvalue weighted by atomic mass is 10.1. The van der Waals surface area contributed by atoms with Gasteiger partial charge in [0.15, 0.2) is 8.32 Å². The number of anilines is 1. The first-order chi connectivity index (χ1) is 13.4. The summed E-state index contributed by atoms with van der Waals surface area (Å²) < 4.78 is 11.9. The summed E-state index contributed by atoms with van der Waals surface area (Å²) in [5, 5.41) is 13.0. The number of aromatic carboxylic acids is 1. The van der Waals surface area contributed by atoms with Crippen LogP contribution in [0.1, 0.15) is 68.8 Å². The van der Waals surface area contributed by atoms with Crippen molar-refractivity contribution in [3.8, 4) is 0 Å². The lowest BCUT2D eigenvalue weighted by Gasteiger charge is -2.39. The van der Waals surface area contributed by atoms with E-state index in [0.29, 0.717) is 10.6 Å². The molecule has 0 aliphatic carbocycles. The van der Waals surface area contributed by atoms with Gasteiger partial charge in [0, 0.05) is 4.88 Å². The molecule has 9 heteroatoms. The van der Waals surface area contributed by atoms with Gasteiger partial charge in [-0.15, -0.1) is 11.3 Å². The second kappa shape index (κ2) is 9.46. The molecule has 0 bridgehead atoms. The third-order valence-electron chi connectivity index (χ3n) is 5.14. The van der Waals surface area contributed by atoms with Gasteiger partial charge in [0.2, 0.25) is 0 Å². The monoisotopic (exact) mass is 473 g/mol. The lowest BCUT2D eigenvalue weighted by Crippen LogP contribution is -2.47. The van der Waals surface area contributed by atoms with Crippen molar-refractivity contribution in [1.29, 1.82) is 0 Å². The van der Waals surface area contributed by atoms with Gasteiger partial charge in [-0.3, -0.25) is 4.79 Å². The molecule has 0 radical (unpaired) electrons. The molecule has 1 rings (SSSR count). The Hall–Kier alpha value is -1.29. The van der Waals surface area contributed by atoms with Crippen LogP contribution in [0.15, 0.2) is 0 Å². The van der Waals surface area contributed by atoms with Crippen LogP contribution in [0.25, 0.3) is 0 Å². The summed E-state index contributed by atoms with van der Waals surface area (Å²) in [6, 6.07) is 0. The van der Waals surface area contributed by atoms with Crippen molar-refractivity contribution in [2.75, 3.05) is 5.32 Å². The van der Waals surface area contributed by atoms with Crippen molar-refractivity contribution in [2.45, 2.75) is 91.6 Å². The van der Waals surface area contributed by atoms with Crippen molar-refractivity contribution in [2.24, 2.45) is 0 Å². The fourth-order valence-electron chi connectivity index (χ4n) is 2.42. The number of carboxylic acids is 1. The van der Waals surface area contributed by atoms with E-state index in [1.54, 1.807) is 6.92 Å². The Morgan fingerprint density at radius 2 is 1.70 bits per heavy atom. The largest absolute Gasteiger partial charge is 0.478 e. The predicted octanol–water partition coefficient (Wildman–Crippen LogP) is 5.92. The van der Waals surface area contributed by atoms with E-state index < -0.39 is 32.0 Å². The van der Waals surface area contributed by atoms with Crippen LogP contribution >= 0.6 is 23.6 Å². The zero-order valence-electron chi connectivity index (χ0n) is 19.7. The second-order valence-corrected chi connectivity index (χ2v) is 16.4. The zero-order valence-corrected chi connectivity index (χ0v) is 22.3. The van der Waals surface area contributed by atoms with Crippen LogP contribution in [0.3, 0.4) is 0 Å². The van der Waals surface area contributed by atoms with Crippen LogP contribution in [0.2, 0.25) is 18.1 Å². The molecule has 1 aromatic heterocycles. The van der Waals surface area contributed by atoms with Gasteiger partial charge in [0.25, 0.3) is 0 Å². The second-order valence-electron chi connectivity index (χ2n) is 9.94. The van der Waals surface area contributed by atoms with E-state index in [4.69, 9.17) is 21.4 Å². The van der Waals surface area contributed by atoms with Crippen molar-refractivity contribution < 1.29 is 23.9 Å². The van der Waals surface area contributed by atoms with Gasteiger partial charge >= 0.3 is 11.9 Å². The summed E-state index contributed by atoms with van der Waals surface area (Å²) in [6.07, 6.45) is -0.749. The number of hydrogen-bond donors (Lipinski definition) is 2. The number of thiocarbonyl (C=S) groups is 1. The number of carbonyl (C=O) groups is 2. The summed E-state index contributed by atoms with van der Waals surface area (Å²) in [7, 11) is -2.26. The van der Waals surface area contributed by atoms with E-state index in [1.165, 1.54) is 11.3 Å². The quantitative estimate of drug-likeness (QED) is 0.289. The van der Waals surface area contributed by atoms with Crippen molar-refractivity contribution in [3.63, 3.8) is 0 Å². The molecule has 1 unspecified atom stereocenters. The Labute approximate surface area is 190 Å². The number of aryl methyl sites for hydroxylation is 1. The number of carboxylic acid groups (broad SMARTS) is 1. The molecule has 0 aliphatic heterocycles. The highest BCUT2D eigenvalue weighted by molar-refractivity contribution is 7.80. The molecule has 2 N–H and O–H groups in total. The van der Waals surface area contributed by atoms with Crippen molar-refractivity contribution in [1.82, 2.24) is 0 Å². The molecular formula is C21H35NO5S2Si. The molecule has 6 nitrogen and oxygen atoms in total. The molecule has 0 aliphatic rings. The molecule has 0 saturated carbocycles. The van der Waals surface area contributed by atoms with Crippen LogP contribution in [-0.2, 0) is 14.0 Å². The SMILES string of the molecule is Cc1sc(NC(=S)C(CC(=O)OC(C)(C)C)O[Si](C)(C)C(C)(C)C)c(C(=O)O)c1C. The molecule has 0 spiro atoms. The Morgan fingerprint density at radius 3 is 2.13 bits per heavy atom. The van der Waals surface area contributed by atoms with Gasteiger partial charge < -0.3 is 19.6 Å². The molecular weight excluding hydrogens is 438 g/mol. The summed E-state index contributed by atoms with van der Waals surface area (Å²) in [5.41, 5.74) is 0.279. The van der Waals surface area contributed by atoms with Gasteiger partial charge in [0.1, 0.15) is 21.7 Å². The predicted molar refractivity (Wildman–Crippen MR) is 130 cm³/mol. The van der Waals surface area contributed by atoms with Gasteiger partial charge in [-0.25, -0.2) is 4.79 Å². The number of hydrogen-bond acceptors (Lipinski definition) is 6. The third-order valence-corrected chi connectivity index (χ3v) is 11.1. The highest BCUT2D eigenvalue weighted by Crippen LogP contribution is 2.38. The Kier molecular flexibility index (Phi) is 8.43. The van der Waals surface area contributed by atoms with E-state index >= 15 is 0 Å². The van der Waals surface area contributed by atoms with Gasteiger partial charge in [-0.2, -0.15) is 0 Å². The Balaban J connectivity index is 3.21. The zero-order chi connectivity index (χ0) is 23.7. The minimum absolute atomic E-state index is 0.0403. The first-order valence-electron chi connectivity index (χ1n) is 9.89. The maximum atomic E-state index is 12.5. The van der Waals surface area contributed by atoms with E-state index in [0.717, 1.165) is 4.88 Å². The van der Waals surface area contributed by atoms with E-state index in [-0.39, 0.29) is 22.0 Å². The van der Waals surface area contributed by atoms with Gasteiger partial charge in [0.05, 0.1) is 12.0 Å². The number of nitrogens with one attached hydrogen (secondary N) is 1. The van der Waals surface area contributed by atoms with Crippen LogP contribution < -0.4 is 5.32 Å². The average Bonchev–Trinajstić information content (AvgIpc) is 2.77. The summed E-state index contributed by atoms with van der Waals surface area (Å²) >= 11 is 6.93. The Morgan fingerprint density at radius 1 is 1.17 bits per heavy atom. The molecule has 1 heterocycles. The lowest BCUT2D eigenvalue weighted by molar-refractivity contribution is -0.156. The standard InChI is InChI=1S/C21H35NO5S2Si/c1-12-13(2)29-18(16(12)19(24)25)22-17(28)14(11-15(23)26-20(3,4)5)27-30(9,10)21(6,7)8/h14H,11H2,1-10H3,(H,22,28)(H,24,25). The van der Waals surface area contributed by atoms with Gasteiger partial charge in [-0.05, 0) is 58.3 Å². The molecule has 1 aromatic rings. The minimum Gasteiger partial charge on any atom is -0.478 e. The topological polar surface area (TPSA) is 84.9 Å². The maximum absolute atomic E-state index is 12.5. The van der Waals surface area contributed by atoms with E-state index in [1.807, 2.05) is 27.7 Å². The highest BCUT2D eigenvalue weighted by Gasteiger charge is 2.41. The van der Waals surface area contributed by atoms with Crippen molar-refractivity contribution in [3.05, 3.63) is 16.0 Å². The fourth-order valence-corrected chi connectivity index (χ4v) is 5.13. The number of ether oxygens (including phenoxy) is 1. The maximum Gasteiger partial charge on any atom is 0.338 e. The minimum atomic E-state index is -2.26. The molecule has 0 amide bonds. The number of thiophene rings is 1. The third kappa shape index (κ3) is 7.14. The van der Waals surface area contributed by atoms with Gasteiger partial charge in [-0.1, -0.05) is 33.0 Å². The van der Waals surface area contributed by atoms with E-state index in [2.05, 4.69) is 39.2 Å². The van der Waals surface area contributed by atoms with Crippen LogP contribution in [0, 0.1) is 13.8 Å². The molecule has 1 atom stereocenters. The average molecular weight is 474 g/mol. The summed E-state index contributed by atoms with van der Waals surface area (Å²) in [5.74, 6) is -1.43. The van der Waals surface area contributed by atoms with Crippen LogP contribution in [0.4, 0.5) is 5.00 Å².